The molecule has 1 fully saturated rings. The lowest BCUT2D eigenvalue weighted by atomic mass is 10.1. The quantitative estimate of drug-likeness (QED) is 0.884. The molecule has 2 heterocycles. The molecule has 1 aliphatic heterocycles. The Bertz CT molecular complexity index is 757. The largest absolute Gasteiger partial charge is 0.336 e. The Hall–Kier alpha value is -1.56. The molecule has 0 saturated carbocycles. The van der Waals surface area contributed by atoms with E-state index in [1.807, 2.05) is 43.0 Å². The van der Waals surface area contributed by atoms with E-state index in [4.69, 9.17) is 17.3 Å². The second-order valence-electron chi connectivity index (χ2n) is 6.59. The number of rotatable bonds is 3. The third kappa shape index (κ3) is 3.68. The first-order chi connectivity index (χ1) is 11.4. The summed E-state index contributed by atoms with van der Waals surface area (Å²) >= 11 is 6.21. The van der Waals surface area contributed by atoms with Gasteiger partial charge < -0.3 is 10.6 Å². The summed E-state index contributed by atoms with van der Waals surface area (Å²) in [5.41, 5.74) is 9.03. The third-order valence-electron chi connectivity index (χ3n) is 4.82. The Labute approximate surface area is 159 Å². The van der Waals surface area contributed by atoms with Crippen LogP contribution < -0.4 is 5.73 Å². The normalized spacial score (nSPS) is 19.8. The lowest BCUT2D eigenvalue weighted by Crippen LogP contribution is -2.34. The van der Waals surface area contributed by atoms with E-state index in [0.29, 0.717) is 23.0 Å². The molecule has 1 aliphatic rings. The maximum absolute atomic E-state index is 12.7. The van der Waals surface area contributed by atoms with E-state index in [-0.39, 0.29) is 24.4 Å². The Morgan fingerprint density at radius 2 is 1.96 bits per heavy atom. The van der Waals surface area contributed by atoms with Crippen molar-refractivity contribution in [2.24, 2.45) is 11.7 Å². The van der Waals surface area contributed by atoms with Crippen molar-refractivity contribution in [3.05, 3.63) is 46.2 Å². The van der Waals surface area contributed by atoms with Crippen LogP contribution in [0.2, 0.25) is 5.02 Å². The number of aromatic nitrogens is 2. The summed E-state index contributed by atoms with van der Waals surface area (Å²) in [5.74, 6) is 0.469. The number of nitrogens with two attached hydrogens (primary N) is 1. The first-order valence-corrected chi connectivity index (χ1v) is 8.63. The van der Waals surface area contributed by atoms with Gasteiger partial charge in [0.1, 0.15) is 0 Å². The van der Waals surface area contributed by atoms with Crippen LogP contribution in [-0.4, -0.2) is 39.7 Å². The van der Waals surface area contributed by atoms with Gasteiger partial charge in [-0.05, 0) is 63.9 Å². The van der Waals surface area contributed by atoms with Gasteiger partial charge in [-0.2, -0.15) is 5.10 Å². The molecular weight excluding hydrogens is 359 g/mol. The molecule has 3 rings (SSSR count). The third-order valence-corrected chi connectivity index (χ3v) is 5.36. The minimum atomic E-state index is 0. The Morgan fingerprint density at radius 3 is 2.44 bits per heavy atom. The molecule has 2 unspecified atom stereocenters. The first-order valence-electron chi connectivity index (χ1n) is 8.25. The number of carbonyl (C=O) groups excluding carboxylic acids is 1. The molecule has 0 spiro atoms. The van der Waals surface area contributed by atoms with Gasteiger partial charge in [0.2, 0.25) is 0 Å². The van der Waals surface area contributed by atoms with Gasteiger partial charge >= 0.3 is 0 Å². The Kier molecular flexibility index (Phi) is 6.14. The van der Waals surface area contributed by atoms with Gasteiger partial charge in [0, 0.05) is 18.2 Å². The van der Waals surface area contributed by atoms with E-state index >= 15 is 0 Å². The number of benzene rings is 1. The second-order valence-corrected chi connectivity index (χ2v) is 6.97. The van der Waals surface area contributed by atoms with Crippen LogP contribution in [0, 0.1) is 19.8 Å². The SMILES string of the molecule is Cc1nn(-c2ccc(C(=O)N3CC(CN)CC3C)cc2)c(C)c1Cl.Cl. The maximum atomic E-state index is 12.7. The first kappa shape index (κ1) is 19.8. The van der Waals surface area contributed by atoms with Crippen molar-refractivity contribution in [3.8, 4) is 5.69 Å². The van der Waals surface area contributed by atoms with Crippen LogP contribution in [0.5, 0.6) is 0 Å². The number of nitrogens with zero attached hydrogens (tertiary/aromatic N) is 3. The lowest BCUT2D eigenvalue weighted by Gasteiger charge is -2.21. The average molecular weight is 383 g/mol. The summed E-state index contributed by atoms with van der Waals surface area (Å²) in [5, 5.41) is 5.12. The van der Waals surface area contributed by atoms with Crippen LogP contribution in [0.1, 0.15) is 35.1 Å². The monoisotopic (exact) mass is 382 g/mol. The van der Waals surface area contributed by atoms with Crippen LogP contribution in [0.15, 0.2) is 24.3 Å². The van der Waals surface area contributed by atoms with Crippen LogP contribution in [0.3, 0.4) is 0 Å². The summed E-state index contributed by atoms with van der Waals surface area (Å²) in [4.78, 5) is 14.7. The number of hydrogen-bond donors (Lipinski definition) is 1. The highest BCUT2D eigenvalue weighted by molar-refractivity contribution is 6.31. The molecule has 2 aromatic rings. The molecule has 1 aromatic heterocycles. The fourth-order valence-electron chi connectivity index (χ4n) is 3.38. The van der Waals surface area contributed by atoms with Crippen molar-refractivity contribution < 1.29 is 4.79 Å². The summed E-state index contributed by atoms with van der Waals surface area (Å²) in [7, 11) is 0. The molecule has 136 valence electrons. The van der Waals surface area contributed by atoms with Gasteiger partial charge in [-0.15, -0.1) is 12.4 Å². The zero-order valence-corrected chi connectivity index (χ0v) is 16.3. The smallest absolute Gasteiger partial charge is 0.254 e. The minimum absolute atomic E-state index is 0. The van der Waals surface area contributed by atoms with Crippen molar-refractivity contribution in [3.63, 3.8) is 0 Å². The highest BCUT2D eigenvalue weighted by Gasteiger charge is 2.32. The zero-order valence-electron chi connectivity index (χ0n) is 14.7. The van der Waals surface area contributed by atoms with Crippen molar-refractivity contribution >= 4 is 29.9 Å². The topological polar surface area (TPSA) is 64.2 Å². The molecule has 1 amide bonds. The van der Waals surface area contributed by atoms with Gasteiger partial charge in [0.25, 0.3) is 5.91 Å². The highest BCUT2D eigenvalue weighted by atomic mass is 35.5. The van der Waals surface area contributed by atoms with Crippen LogP contribution in [-0.2, 0) is 0 Å². The summed E-state index contributed by atoms with van der Waals surface area (Å²) in [6.45, 7) is 7.27. The van der Waals surface area contributed by atoms with E-state index < -0.39 is 0 Å². The fourth-order valence-corrected chi connectivity index (χ4v) is 3.50. The minimum Gasteiger partial charge on any atom is -0.336 e. The zero-order chi connectivity index (χ0) is 17.4. The molecule has 25 heavy (non-hydrogen) atoms. The Balaban J connectivity index is 0.00000225. The van der Waals surface area contributed by atoms with E-state index in [1.165, 1.54) is 0 Å². The highest BCUT2D eigenvalue weighted by Crippen LogP contribution is 2.25. The standard InChI is InChI=1S/C18H23ClN4O.ClH/c1-11-8-14(9-20)10-22(11)18(24)15-4-6-16(7-5-15)23-13(3)17(19)12(2)21-23;/h4-7,11,14H,8-10,20H2,1-3H3;1H. The average Bonchev–Trinajstić information content (AvgIpc) is 3.09. The maximum Gasteiger partial charge on any atom is 0.254 e. The number of hydrogen-bond acceptors (Lipinski definition) is 3. The van der Waals surface area contributed by atoms with E-state index in [9.17, 15) is 4.79 Å². The van der Waals surface area contributed by atoms with Gasteiger partial charge in [-0.1, -0.05) is 11.6 Å². The fraction of sp³-hybridized carbons (Fsp3) is 0.444. The summed E-state index contributed by atoms with van der Waals surface area (Å²) in [6.07, 6.45) is 0.977. The molecule has 0 aliphatic carbocycles. The summed E-state index contributed by atoms with van der Waals surface area (Å²) in [6, 6.07) is 7.75. The van der Waals surface area contributed by atoms with Crippen molar-refractivity contribution in [1.82, 2.24) is 14.7 Å². The van der Waals surface area contributed by atoms with Crippen LogP contribution >= 0.6 is 24.0 Å². The predicted octanol–water partition coefficient (Wildman–Crippen LogP) is 3.37. The molecule has 2 atom stereocenters. The van der Waals surface area contributed by atoms with Crippen LogP contribution in [0.4, 0.5) is 0 Å². The van der Waals surface area contributed by atoms with Crippen LogP contribution in [0.25, 0.3) is 5.69 Å². The van der Waals surface area contributed by atoms with Gasteiger partial charge in [0.05, 0.1) is 22.1 Å². The molecule has 0 bridgehead atoms. The molecule has 7 heteroatoms. The van der Waals surface area contributed by atoms with Crippen molar-refractivity contribution in [1.29, 1.82) is 0 Å². The number of likely N-dealkylation sites (tertiary alicyclic amines) is 1. The number of amides is 1. The van der Waals surface area contributed by atoms with Gasteiger partial charge in [-0.25, -0.2) is 4.68 Å². The predicted molar refractivity (Wildman–Crippen MR) is 103 cm³/mol. The molecule has 1 saturated heterocycles. The van der Waals surface area contributed by atoms with E-state index in [1.54, 1.807) is 4.68 Å². The van der Waals surface area contributed by atoms with Gasteiger partial charge in [-0.3, -0.25) is 4.79 Å². The van der Waals surface area contributed by atoms with Gasteiger partial charge in [0.15, 0.2) is 0 Å². The molecular formula is C18H24Cl2N4O. The summed E-state index contributed by atoms with van der Waals surface area (Å²) < 4.78 is 1.80. The number of carbonyl (C=O) groups is 1. The van der Waals surface area contributed by atoms with E-state index in [2.05, 4.69) is 12.0 Å². The number of halogens is 2. The molecule has 2 N–H and O–H groups in total. The lowest BCUT2D eigenvalue weighted by molar-refractivity contribution is 0.0743. The molecule has 0 radical (unpaired) electrons. The molecule has 1 aromatic carbocycles. The van der Waals surface area contributed by atoms with E-state index in [0.717, 1.165) is 30.0 Å². The Morgan fingerprint density at radius 1 is 1.32 bits per heavy atom. The van der Waals surface area contributed by atoms with Crippen molar-refractivity contribution in [2.75, 3.05) is 13.1 Å². The second kappa shape index (κ2) is 7.77. The van der Waals surface area contributed by atoms with Crippen molar-refractivity contribution in [2.45, 2.75) is 33.2 Å². The molecule has 5 nitrogen and oxygen atoms in total. The number of aryl methyl sites for hydroxylation is 1.